The molecule has 4 aromatic carbocycles. The van der Waals surface area contributed by atoms with Crippen LogP contribution in [0.15, 0.2) is 113 Å². The number of aliphatic imine (C=N–C) groups is 1. The van der Waals surface area contributed by atoms with E-state index in [1.54, 1.807) is 79.0 Å². The number of carbonyl (C=O) groups excluding carboxylic acids is 1. The van der Waals surface area contributed by atoms with Crippen molar-refractivity contribution in [1.82, 2.24) is 0 Å². The molecule has 1 heterocycles. The highest BCUT2D eigenvalue weighted by atomic mass is 35.5. The summed E-state index contributed by atoms with van der Waals surface area (Å²) in [5.41, 5.74) is 3.09. The number of benzene rings is 4. The third-order valence-corrected chi connectivity index (χ3v) is 7.22. The van der Waals surface area contributed by atoms with Gasteiger partial charge in [0.05, 0.1) is 28.9 Å². The summed E-state index contributed by atoms with van der Waals surface area (Å²) >= 11 is 17.9. The Morgan fingerprint density at radius 1 is 0.689 bits per heavy atom. The van der Waals surface area contributed by atoms with E-state index in [0.717, 1.165) is 5.56 Å². The van der Waals surface area contributed by atoms with Gasteiger partial charge in [-0.25, -0.2) is 9.59 Å². The second-order valence-corrected chi connectivity index (χ2v) is 11.0. The van der Waals surface area contributed by atoms with Crippen LogP contribution in [0.2, 0.25) is 15.1 Å². The number of ketones is 1. The zero-order chi connectivity index (χ0) is 32.3. The van der Waals surface area contributed by atoms with Crippen LogP contribution in [-0.2, 0) is 24.2 Å². The first-order chi connectivity index (χ1) is 21.6. The number of hydrogen-bond acceptors (Lipinski definition) is 5. The van der Waals surface area contributed by atoms with Crippen molar-refractivity contribution in [3.8, 4) is 11.3 Å². The van der Waals surface area contributed by atoms with Gasteiger partial charge in [-0.2, -0.15) is 0 Å². The molecule has 10 heteroatoms. The highest BCUT2D eigenvalue weighted by Crippen LogP contribution is 2.28. The minimum absolute atomic E-state index is 0.0621. The Labute approximate surface area is 274 Å². The van der Waals surface area contributed by atoms with E-state index < -0.39 is 11.9 Å². The minimum Gasteiger partial charge on any atom is -0.478 e. The molecule has 0 aliphatic heterocycles. The number of carboxylic acid groups (broad SMARTS) is 2. The van der Waals surface area contributed by atoms with Crippen LogP contribution < -0.4 is 0 Å². The predicted octanol–water partition coefficient (Wildman–Crippen LogP) is 8.96. The number of rotatable bonds is 10. The Balaban J connectivity index is 0.000000207. The molecule has 0 aliphatic rings. The van der Waals surface area contributed by atoms with E-state index in [1.807, 2.05) is 24.3 Å². The van der Waals surface area contributed by atoms with Gasteiger partial charge in [0.25, 0.3) is 0 Å². The molecule has 0 fully saturated rings. The monoisotopic (exact) mass is 661 g/mol. The van der Waals surface area contributed by atoms with E-state index in [9.17, 15) is 14.4 Å². The molecule has 0 atom stereocenters. The number of carbonyl (C=O) groups is 3. The van der Waals surface area contributed by atoms with Crippen LogP contribution in [0, 0.1) is 0 Å². The Hall–Kier alpha value is -4.69. The Bertz CT molecular complexity index is 1840. The predicted molar refractivity (Wildman–Crippen MR) is 176 cm³/mol. The Morgan fingerprint density at radius 2 is 1.27 bits per heavy atom. The van der Waals surface area contributed by atoms with Crippen molar-refractivity contribution in [2.45, 2.75) is 19.4 Å². The number of furan rings is 1. The summed E-state index contributed by atoms with van der Waals surface area (Å²) < 4.78 is 5.72. The van der Waals surface area contributed by atoms with Crippen molar-refractivity contribution in [2.24, 2.45) is 4.99 Å². The molecule has 0 spiro atoms. The normalized spacial score (nSPS) is 10.7. The molecule has 0 bridgehead atoms. The fourth-order valence-corrected chi connectivity index (χ4v) is 5.23. The van der Waals surface area contributed by atoms with Crippen LogP contribution in [0.5, 0.6) is 0 Å². The van der Waals surface area contributed by atoms with E-state index in [2.05, 4.69) is 4.99 Å². The quantitative estimate of drug-likeness (QED) is 0.144. The second kappa shape index (κ2) is 15.9. The van der Waals surface area contributed by atoms with E-state index >= 15 is 0 Å². The SMILES string of the molecule is O=C(Cc1cc(Cl)cc(Cl)c1)Cc1ccccc1C(=O)O.O=C(O)c1ccccc1CN=Cc1ccc(-c2ccccc2Cl)o1. The molecule has 45 heavy (non-hydrogen) atoms. The number of halogens is 3. The lowest BCUT2D eigenvalue weighted by Crippen LogP contribution is -2.10. The lowest BCUT2D eigenvalue weighted by atomic mass is 9.99. The summed E-state index contributed by atoms with van der Waals surface area (Å²) in [6, 6.07) is 29.3. The van der Waals surface area contributed by atoms with Crippen LogP contribution >= 0.6 is 34.8 Å². The summed E-state index contributed by atoms with van der Waals surface area (Å²) in [6.07, 6.45) is 1.81. The summed E-state index contributed by atoms with van der Waals surface area (Å²) in [6.45, 7) is 0.268. The molecule has 0 radical (unpaired) electrons. The molecular weight excluding hydrogens is 637 g/mol. The van der Waals surface area contributed by atoms with Crippen molar-refractivity contribution in [3.05, 3.63) is 152 Å². The third kappa shape index (κ3) is 9.65. The topological polar surface area (TPSA) is 117 Å². The first-order valence-electron chi connectivity index (χ1n) is 13.5. The smallest absolute Gasteiger partial charge is 0.336 e. The van der Waals surface area contributed by atoms with Crippen LogP contribution in [0.4, 0.5) is 0 Å². The zero-order valence-corrected chi connectivity index (χ0v) is 25.9. The maximum atomic E-state index is 12.1. The van der Waals surface area contributed by atoms with Gasteiger partial charge in [-0.1, -0.05) is 83.3 Å². The maximum absolute atomic E-state index is 12.1. The molecular formula is C35H26Cl3NO6. The number of Topliss-reactive ketones (excluding diaryl/α,β-unsaturated/α-hetero) is 1. The van der Waals surface area contributed by atoms with Crippen molar-refractivity contribution in [2.75, 3.05) is 0 Å². The van der Waals surface area contributed by atoms with Gasteiger partial charge < -0.3 is 14.6 Å². The van der Waals surface area contributed by atoms with Gasteiger partial charge in [0.15, 0.2) is 0 Å². The molecule has 7 nitrogen and oxygen atoms in total. The first-order valence-corrected chi connectivity index (χ1v) is 14.7. The lowest BCUT2D eigenvalue weighted by molar-refractivity contribution is -0.117. The van der Waals surface area contributed by atoms with Crippen LogP contribution in [0.3, 0.4) is 0 Å². The molecule has 0 amide bonds. The fourth-order valence-electron chi connectivity index (χ4n) is 4.43. The molecule has 5 aromatic rings. The van der Waals surface area contributed by atoms with Gasteiger partial charge >= 0.3 is 11.9 Å². The largest absolute Gasteiger partial charge is 0.478 e. The van der Waals surface area contributed by atoms with Crippen molar-refractivity contribution in [1.29, 1.82) is 0 Å². The average molecular weight is 663 g/mol. The number of aromatic carboxylic acids is 2. The molecule has 5 rings (SSSR count). The van der Waals surface area contributed by atoms with Gasteiger partial charge in [0.2, 0.25) is 0 Å². The Morgan fingerprint density at radius 3 is 1.91 bits per heavy atom. The molecule has 0 saturated heterocycles. The molecule has 0 unspecified atom stereocenters. The van der Waals surface area contributed by atoms with Crippen molar-refractivity contribution >= 4 is 58.7 Å². The summed E-state index contributed by atoms with van der Waals surface area (Å²) in [5.74, 6) is -0.850. The summed E-state index contributed by atoms with van der Waals surface area (Å²) in [4.78, 5) is 38.6. The molecule has 0 saturated carbocycles. The van der Waals surface area contributed by atoms with Crippen molar-refractivity contribution in [3.63, 3.8) is 0 Å². The molecule has 0 aliphatic carbocycles. The van der Waals surface area contributed by atoms with Gasteiger partial charge in [-0.3, -0.25) is 9.79 Å². The minimum atomic E-state index is -1.04. The molecule has 228 valence electrons. The third-order valence-electron chi connectivity index (χ3n) is 6.45. The number of carboxylic acids is 2. The lowest BCUT2D eigenvalue weighted by Gasteiger charge is -2.06. The summed E-state index contributed by atoms with van der Waals surface area (Å²) in [5, 5.41) is 19.8. The highest BCUT2D eigenvalue weighted by Gasteiger charge is 2.14. The fraction of sp³-hybridized carbons (Fsp3) is 0.0857. The summed E-state index contributed by atoms with van der Waals surface area (Å²) in [7, 11) is 0. The van der Waals surface area contributed by atoms with Crippen LogP contribution in [0.25, 0.3) is 11.3 Å². The number of nitrogens with zero attached hydrogens (tertiary/aromatic N) is 1. The van der Waals surface area contributed by atoms with Gasteiger partial charge in [-0.05, 0) is 71.3 Å². The van der Waals surface area contributed by atoms with Crippen LogP contribution in [-0.4, -0.2) is 34.1 Å². The van der Waals surface area contributed by atoms with Gasteiger partial charge in [-0.15, -0.1) is 0 Å². The van der Waals surface area contributed by atoms with E-state index in [1.165, 1.54) is 6.07 Å². The average Bonchev–Trinajstić information content (AvgIpc) is 3.46. The van der Waals surface area contributed by atoms with E-state index in [0.29, 0.717) is 43.3 Å². The zero-order valence-electron chi connectivity index (χ0n) is 23.6. The van der Waals surface area contributed by atoms with Gasteiger partial charge in [0.1, 0.15) is 17.3 Å². The van der Waals surface area contributed by atoms with Crippen LogP contribution in [0.1, 0.15) is 43.2 Å². The second-order valence-electron chi connectivity index (χ2n) is 9.75. The molecule has 2 N–H and O–H groups in total. The molecule has 1 aromatic heterocycles. The maximum Gasteiger partial charge on any atom is 0.336 e. The van der Waals surface area contributed by atoms with Crippen molar-refractivity contribution < 1.29 is 29.0 Å². The Kier molecular flexibility index (Phi) is 11.7. The highest BCUT2D eigenvalue weighted by molar-refractivity contribution is 6.34. The first kappa shape index (κ1) is 33.2. The van der Waals surface area contributed by atoms with E-state index in [-0.39, 0.29) is 36.3 Å². The van der Waals surface area contributed by atoms with E-state index in [4.69, 9.17) is 49.4 Å². The van der Waals surface area contributed by atoms with Gasteiger partial charge in [0, 0.05) is 28.5 Å². The standard InChI is InChI=1S/C19H14ClNO3.C16H12Cl2O3/c20-17-8-4-3-7-16(17)18-10-9-14(24-18)12-21-11-13-5-1-2-6-15(13)19(22)23;17-12-5-10(6-13(18)9-12)7-14(19)8-11-3-1-2-4-15(11)16(20)21/h1-10,12H,11H2,(H,22,23);1-6,9H,7-8H2,(H,20,21). The number of hydrogen-bond donors (Lipinski definition) is 2.